The number of benzene rings is 1. The maximum Gasteiger partial charge on any atom is 0.241 e. The second-order valence-corrected chi connectivity index (χ2v) is 4.96. The second kappa shape index (κ2) is 6.39. The zero-order chi connectivity index (χ0) is 13.7. The standard InChI is InChI=1S/C13H16ClN3O/c1-8(2)5-11(16)13(18)17-12-6-10(14)4-3-9(12)7-15/h3-4,6,8,11H,5,16H2,1-2H3,(H,17,18). The van der Waals surface area contributed by atoms with Gasteiger partial charge in [0.05, 0.1) is 17.3 Å². The van der Waals surface area contributed by atoms with Gasteiger partial charge in [-0.1, -0.05) is 25.4 Å². The minimum atomic E-state index is -0.587. The van der Waals surface area contributed by atoms with E-state index in [1.54, 1.807) is 18.2 Å². The fourth-order valence-corrected chi connectivity index (χ4v) is 1.73. The van der Waals surface area contributed by atoms with Crippen LogP contribution in [-0.4, -0.2) is 11.9 Å². The van der Waals surface area contributed by atoms with E-state index in [2.05, 4.69) is 5.32 Å². The molecule has 0 saturated carbocycles. The summed E-state index contributed by atoms with van der Waals surface area (Å²) in [5, 5.41) is 12.0. The predicted octanol–water partition coefficient (Wildman–Crippen LogP) is 2.52. The van der Waals surface area contributed by atoms with E-state index < -0.39 is 6.04 Å². The van der Waals surface area contributed by atoms with Crippen LogP contribution >= 0.6 is 11.6 Å². The molecule has 1 amide bonds. The van der Waals surface area contributed by atoms with Crippen molar-refractivity contribution in [1.82, 2.24) is 0 Å². The van der Waals surface area contributed by atoms with Gasteiger partial charge in [0.1, 0.15) is 6.07 Å². The Balaban J connectivity index is 2.82. The van der Waals surface area contributed by atoms with Gasteiger partial charge in [-0.25, -0.2) is 0 Å². The highest BCUT2D eigenvalue weighted by atomic mass is 35.5. The number of carbonyl (C=O) groups excluding carboxylic acids is 1. The lowest BCUT2D eigenvalue weighted by molar-refractivity contribution is -0.117. The number of hydrogen-bond acceptors (Lipinski definition) is 3. The molecule has 0 aliphatic rings. The number of hydrogen-bond donors (Lipinski definition) is 2. The van der Waals surface area contributed by atoms with Crippen LogP contribution in [0.1, 0.15) is 25.8 Å². The van der Waals surface area contributed by atoms with Crippen molar-refractivity contribution >= 4 is 23.2 Å². The highest BCUT2D eigenvalue weighted by Gasteiger charge is 2.16. The Labute approximate surface area is 112 Å². The molecule has 0 radical (unpaired) electrons. The van der Waals surface area contributed by atoms with Crippen molar-refractivity contribution in [2.45, 2.75) is 26.3 Å². The molecular formula is C13H16ClN3O. The summed E-state index contributed by atoms with van der Waals surface area (Å²) in [6.45, 7) is 3.99. The van der Waals surface area contributed by atoms with E-state index in [0.29, 0.717) is 28.6 Å². The van der Waals surface area contributed by atoms with E-state index in [0.717, 1.165) is 0 Å². The maximum absolute atomic E-state index is 11.8. The summed E-state index contributed by atoms with van der Waals surface area (Å²) in [5.74, 6) is 0.0306. The first-order valence-electron chi connectivity index (χ1n) is 5.70. The van der Waals surface area contributed by atoms with Crippen molar-refractivity contribution < 1.29 is 4.79 Å². The minimum absolute atomic E-state index is 0.303. The number of rotatable bonds is 4. The topological polar surface area (TPSA) is 78.9 Å². The smallest absolute Gasteiger partial charge is 0.241 e. The molecule has 4 nitrogen and oxygen atoms in total. The van der Waals surface area contributed by atoms with Crippen LogP contribution in [0.2, 0.25) is 5.02 Å². The van der Waals surface area contributed by atoms with E-state index in [9.17, 15) is 4.79 Å². The van der Waals surface area contributed by atoms with Gasteiger partial charge in [-0.05, 0) is 30.5 Å². The lowest BCUT2D eigenvalue weighted by Gasteiger charge is -2.14. The van der Waals surface area contributed by atoms with Gasteiger partial charge >= 0.3 is 0 Å². The van der Waals surface area contributed by atoms with Gasteiger partial charge in [0.25, 0.3) is 0 Å². The quantitative estimate of drug-likeness (QED) is 0.878. The van der Waals surface area contributed by atoms with Crippen molar-refractivity contribution in [3.05, 3.63) is 28.8 Å². The molecule has 96 valence electrons. The molecule has 5 heteroatoms. The van der Waals surface area contributed by atoms with Gasteiger partial charge in [0.2, 0.25) is 5.91 Å². The van der Waals surface area contributed by atoms with Crippen LogP contribution in [0.4, 0.5) is 5.69 Å². The SMILES string of the molecule is CC(C)CC(N)C(=O)Nc1cc(Cl)ccc1C#N. The molecule has 0 heterocycles. The van der Waals surface area contributed by atoms with Crippen LogP contribution in [0.5, 0.6) is 0 Å². The van der Waals surface area contributed by atoms with Crippen molar-refractivity contribution in [3.8, 4) is 6.07 Å². The molecule has 0 aliphatic carbocycles. The Hall–Kier alpha value is -1.57. The Morgan fingerprint density at radius 3 is 2.78 bits per heavy atom. The zero-order valence-electron chi connectivity index (χ0n) is 10.4. The molecule has 18 heavy (non-hydrogen) atoms. The molecule has 1 rings (SSSR count). The van der Waals surface area contributed by atoms with Crippen molar-refractivity contribution in [3.63, 3.8) is 0 Å². The van der Waals surface area contributed by atoms with Gasteiger partial charge in [-0.3, -0.25) is 4.79 Å². The number of nitrogens with zero attached hydrogens (tertiary/aromatic N) is 1. The van der Waals surface area contributed by atoms with E-state index in [1.165, 1.54) is 0 Å². The second-order valence-electron chi connectivity index (χ2n) is 4.53. The minimum Gasteiger partial charge on any atom is -0.323 e. The molecule has 1 atom stereocenters. The summed E-state index contributed by atoms with van der Waals surface area (Å²) >= 11 is 5.83. The summed E-state index contributed by atoms with van der Waals surface area (Å²) in [7, 11) is 0. The van der Waals surface area contributed by atoms with Gasteiger partial charge in [0, 0.05) is 5.02 Å². The van der Waals surface area contributed by atoms with Crippen LogP contribution in [0, 0.1) is 17.2 Å². The van der Waals surface area contributed by atoms with Crippen LogP contribution in [0.25, 0.3) is 0 Å². The van der Waals surface area contributed by atoms with Crippen molar-refractivity contribution in [1.29, 1.82) is 5.26 Å². The third-order valence-corrected chi connectivity index (χ3v) is 2.66. The molecule has 0 spiro atoms. The maximum atomic E-state index is 11.8. The van der Waals surface area contributed by atoms with Crippen LogP contribution in [0.15, 0.2) is 18.2 Å². The van der Waals surface area contributed by atoms with Crippen LogP contribution in [-0.2, 0) is 4.79 Å². The average molecular weight is 266 g/mol. The fraction of sp³-hybridized carbons (Fsp3) is 0.385. The molecule has 3 N–H and O–H groups in total. The molecular weight excluding hydrogens is 250 g/mol. The summed E-state index contributed by atoms with van der Waals surface area (Å²) < 4.78 is 0. The number of nitriles is 1. The molecule has 1 unspecified atom stereocenters. The molecule has 1 aromatic rings. The number of nitrogens with one attached hydrogen (secondary N) is 1. The van der Waals surface area contributed by atoms with E-state index in [4.69, 9.17) is 22.6 Å². The normalized spacial score (nSPS) is 12.0. The highest BCUT2D eigenvalue weighted by Crippen LogP contribution is 2.20. The predicted molar refractivity (Wildman–Crippen MR) is 72.2 cm³/mol. The molecule has 1 aromatic carbocycles. The monoisotopic (exact) mass is 265 g/mol. The first kappa shape index (κ1) is 14.5. The number of nitrogens with two attached hydrogens (primary N) is 1. The van der Waals surface area contributed by atoms with Gasteiger partial charge in [-0.15, -0.1) is 0 Å². The van der Waals surface area contributed by atoms with Crippen LogP contribution < -0.4 is 11.1 Å². The molecule has 0 aliphatic heterocycles. The summed E-state index contributed by atoms with van der Waals surface area (Å²) in [6.07, 6.45) is 0.592. The van der Waals surface area contributed by atoms with Gasteiger partial charge < -0.3 is 11.1 Å². The molecule has 0 bridgehead atoms. The van der Waals surface area contributed by atoms with Gasteiger partial charge in [-0.2, -0.15) is 5.26 Å². The third-order valence-electron chi connectivity index (χ3n) is 2.42. The summed E-state index contributed by atoms with van der Waals surface area (Å²) in [4.78, 5) is 11.8. The lowest BCUT2D eigenvalue weighted by Crippen LogP contribution is -2.36. The first-order chi connectivity index (χ1) is 8.43. The summed E-state index contributed by atoms with van der Waals surface area (Å²) in [5.41, 5.74) is 6.53. The molecule has 0 saturated heterocycles. The highest BCUT2D eigenvalue weighted by molar-refractivity contribution is 6.31. The zero-order valence-corrected chi connectivity index (χ0v) is 11.2. The Kier molecular flexibility index (Phi) is 5.14. The summed E-state index contributed by atoms with van der Waals surface area (Å²) in [6, 6.07) is 6.11. The Morgan fingerprint density at radius 1 is 1.56 bits per heavy atom. The molecule has 0 fully saturated rings. The van der Waals surface area contributed by atoms with E-state index >= 15 is 0 Å². The largest absolute Gasteiger partial charge is 0.323 e. The number of amides is 1. The number of halogens is 1. The van der Waals surface area contributed by atoms with E-state index in [1.807, 2.05) is 19.9 Å². The fourth-order valence-electron chi connectivity index (χ4n) is 1.56. The number of anilines is 1. The van der Waals surface area contributed by atoms with Gasteiger partial charge in [0.15, 0.2) is 0 Å². The third kappa shape index (κ3) is 4.02. The average Bonchev–Trinajstić information content (AvgIpc) is 2.28. The molecule has 0 aromatic heterocycles. The first-order valence-corrected chi connectivity index (χ1v) is 6.08. The Morgan fingerprint density at radius 2 is 2.22 bits per heavy atom. The number of carbonyl (C=O) groups is 1. The van der Waals surface area contributed by atoms with E-state index in [-0.39, 0.29) is 5.91 Å². The van der Waals surface area contributed by atoms with Crippen molar-refractivity contribution in [2.75, 3.05) is 5.32 Å². The Bertz CT molecular complexity index is 480. The van der Waals surface area contributed by atoms with Crippen molar-refractivity contribution in [2.24, 2.45) is 11.7 Å². The van der Waals surface area contributed by atoms with Crippen LogP contribution in [0.3, 0.4) is 0 Å². The lowest BCUT2D eigenvalue weighted by atomic mass is 10.0.